The van der Waals surface area contributed by atoms with Gasteiger partial charge in [0.15, 0.2) is 0 Å². The molecule has 1 unspecified atom stereocenters. The first-order valence-corrected chi connectivity index (χ1v) is 7.76. The molecule has 1 nitrogen and oxygen atoms in total. The van der Waals surface area contributed by atoms with Crippen LogP contribution >= 0.6 is 0 Å². The Morgan fingerprint density at radius 2 is 1.67 bits per heavy atom. The summed E-state index contributed by atoms with van der Waals surface area (Å²) < 4.78 is 0. The molecule has 2 N–H and O–H groups in total. The van der Waals surface area contributed by atoms with Gasteiger partial charge in [-0.05, 0) is 40.8 Å². The summed E-state index contributed by atoms with van der Waals surface area (Å²) in [5.41, 5.74) is 13.0. The molecule has 110 valence electrons. The number of benzene rings is 1. The van der Waals surface area contributed by atoms with Crippen molar-refractivity contribution in [3.63, 3.8) is 0 Å². The fraction of sp³-hybridized carbons (Fsp3) is 0.400. The first-order chi connectivity index (χ1) is 9.72. The molecule has 0 fully saturated rings. The SMILES string of the molecule is CC(N)c1ccc2c(c1)C1=C(C=CC(C)(C)C=C1)C2(C)C. The number of rotatable bonds is 1. The lowest BCUT2D eigenvalue weighted by molar-refractivity contribution is 0.619. The van der Waals surface area contributed by atoms with Crippen molar-refractivity contribution in [2.45, 2.75) is 46.1 Å². The Morgan fingerprint density at radius 3 is 2.33 bits per heavy atom. The minimum atomic E-state index is 0.0578. The van der Waals surface area contributed by atoms with Crippen molar-refractivity contribution in [3.05, 3.63) is 64.8 Å². The van der Waals surface area contributed by atoms with E-state index in [9.17, 15) is 0 Å². The summed E-state index contributed by atoms with van der Waals surface area (Å²) in [4.78, 5) is 0. The molecule has 2 aliphatic carbocycles. The van der Waals surface area contributed by atoms with E-state index in [0.717, 1.165) is 0 Å². The smallest absolute Gasteiger partial charge is 0.0266 e. The van der Waals surface area contributed by atoms with Gasteiger partial charge < -0.3 is 5.73 Å². The third kappa shape index (κ3) is 2.20. The lowest BCUT2D eigenvalue weighted by atomic mass is 9.80. The maximum absolute atomic E-state index is 6.07. The zero-order chi connectivity index (χ0) is 15.4. The lowest BCUT2D eigenvalue weighted by Gasteiger charge is -2.24. The van der Waals surface area contributed by atoms with Gasteiger partial charge in [-0.2, -0.15) is 0 Å². The molecule has 0 spiro atoms. The highest BCUT2D eigenvalue weighted by molar-refractivity contribution is 5.88. The van der Waals surface area contributed by atoms with Crippen molar-refractivity contribution >= 4 is 5.57 Å². The van der Waals surface area contributed by atoms with E-state index in [0.29, 0.717) is 0 Å². The maximum atomic E-state index is 6.07. The molecule has 0 saturated heterocycles. The predicted molar refractivity (Wildman–Crippen MR) is 91.1 cm³/mol. The highest BCUT2D eigenvalue weighted by Gasteiger charge is 2.36. The minimum absolute atomic E-state index is 0.0578. The van der Waals surface area contributed by atoms with Gasteiger partial charge in [0.25, 0.3) is 0 Å². The quantitative estimate of drug-likeness (QED) is 0.777. The molecule has 0 radical (unpaired) electrons. The Balaban J connectivity index is 2.22. The van der Waals surface area contributed by atoms with E-state index in [1.807, 2.05) is 6.92 Å². The molecule has 0 aliphatic heterocycles. The molecule has 0 aromatic heterocycles. The molecular weight excluding hydrogens is 254 g/mol. The van der Waals surface area contributed by atoms with Crippen LogP contribution in [0.4, 0.5) is 0 Å². The molecule has 1 aromatic rings. The van der Waals surface area contributed by atoms with Gasteiger partial charge in [0.1, 0.15) is 0 Å². The zero-order valence-corrected chi connectivity index (χ0v) is 13.7. The summed E-state index contributed by atoms with van der Waals surface area (Å²) in [7, 11) is 0. The van der Waals surface area contributed by atoms with E-state index in [-0.39, 0.29) is 16.9 Å². The largest absolute Gasteiger partial charge is 0.324 e. The molecule has 1 aromatic carbocycles. The molecule has 1 heteroatoms. The minimum Gasteiger partial charge on any atom is -0.324 e. The Morgan fingerprint density at radius 1 is 1.00 bits per heavy atom. The van der Waals surface area contributed by atoms with Gasteiger partial charge in [-0.3, -0.25) is 0 Å². The first-order valence-electron chi connectivity index (χ1n) is 7.76. The van der Waals surface area contributed by atoms with Crippen LogP contribution in [0.3, 0.4) is 0 Å². The fourth-order valence-corrected chi connectivity index (χ4v) is 3.37. The normalized spacial score (nSPS) is 22.8. The second kappa shape index (κ2) is 4.45. The Kier molecular flexibility index (Phi) is 3.04. The van der Waals surface area contributed by atoms with Crippen molar-refractivity contribution in [1.29, 1.82) is 0 Å². The van der Waals surface area contributed by atoms with E-state index in [1.54, 1.807) is 0 Å². The molecule has 2 aliphatic rings. The van der Waals surface area contributed by atoms with Crippen LogP contribution in [0.5, 0.6) is 0 Å². The number of nitrogens with two attached hydrogens (primary N) is 1. The molecule has 1 atom stereocenters. The summed E-state index contributed by atoms with van der Waals surface area (Å²) in [6.45, 7) is 11.2. The summed E-state index contributed by atoms with van der Waals surface area (Å²) in [6.07, 6.45) is 9.23. The Bertz CT molecular complexity index is 682. The number of hydrogen-bond donors (Lipinski definition) is 1. The molecule has 0 bridgehead atoms. The maximum Gasteiger partial charge on any atom is 0.0266 e. The van der Waals surface area contributed by atoms with Crippen LogP contribution in [-0.4, -0.2) is 0 Å². The van der Waals surface area contributed by atoms with Gasteiger partial charge in [0, 0.05) is 16.9 Å². The van der Waals surface area contributed by atoms with Crippen LogP contribution < -0.4 is 5.73 Å². The molecule has 0 saturated carbocycles. The monoisotopic (exact) mass is 279 g/mol. The number of hydrogen-bond acceptors (Lipinski definition) is 1. The third-order valence-corrected chi connectivity index (χ3v) is 4.86. The van der Waals surface area contributed by atoms with Crippen LogP contribution in [0.25, 0.3) is 5.57 Å². The topological polar surface area (TPSA) is 26.0 Å². The van der Waals surface area contributed by atoms with Crippen molar-refractivity contribution in [2.75, 3.05) is 0 Å². The first kappa shape index (κ1) is 14.3. The Labute approximate surface area is 128 Å². The second-order valence-electron chi connectivity index (χ2n) is 7.53. The summed E-state index contributed by atoms with van der Waals surface area (Å²) in [5, 5.41) is 0. The summed E-state index contributed by atoms with van der Waals surface area (Å²) in [5.74, 6) is 0. The van der Waals surface area contributed by atoms with E-state index >= 15 is 0 Å². The van der Waals surface area contributed by atoms with Crippen molar-refractivity contribution < 1.29 is 0 Å². The van der Waals surface area contributed by atoms with Crippen LogP contribution in [0.15, 0.2) is 48.1 Å². The average molecular weight is 279 g/mol. The third-order valence-electron chi connectivity index (χ3n) is 4.86. The highest BCUT2D eigenvalue weighted by Crippen LogP contribution is 2.49. The molecule has 0 amide bonds. The summed E-state index contributed by atoms with van der Waals surface area (Å²) in [6, 6.07) is 6.79. The fourth-order valence-electron chi connectivity index (χ4n) is 3.37. The van der Waals surface area contributed by atoms with Gasteiger partial charge >= 0.3 is 0 Å². The van der Waals surface area contributed by atoms with Gasteiger partial charge in [-0.15, -0.1) is 0 Å². The van der Waals surface area contributed by atoms with Crippen LogP contribution in [-0.2, 0) is 5.41 Å². The van der Waals surface area contributed by atoms with Gasteiger partial charge in [0.05, 0.1) is 0 Å². The highest BCUT2D eigenvalue weighted by atomic mass is 14.6. The standard InChI is InChI=1S/C20H25N/c1-13(21)14-6-7-17-16(12-14)15-8-10-19(2,3)11-9-18(15)20(17,4)5/h6-13H,21H2,1-5H3. The van der Waals surface area contributed by atoms with Crippen molar-refractivity contribution in [1.82, 2.24) is 0 Å². The second-order valence-corrected chi connectivity index (χ2v) is 7.53. The van der Waals surface area contributed by atoms with E-state index < -0.39 is 0 Å². The van der Waals surface area contributed by atoms with Crippen molar-refractivity contribution in [3.8, 4) is 0 Å². The number of allylic oxidation sites excluding steroid dienone is 6. The van der Waals surface area contributed by atoms with Crippen molar-refractivity contribution in [2.24, 2.45) is 11.1 Å². The predicted octanol–water partition coefficient (Wildman–Crippen LogP) is 4.90. The van der Waals surface area contributed by atoms with E-state index in [1.165, 1.54) is 27.8 Å². The molecule has 0 heterocycles. The van der Waals surface area contributed by atoms with Crippen LogP contribution in [0.2, 0.25) is 0 Å². The Hall–Kier alpha value is -1.60. The van der Waals surface area contributed by atoms with Gasteiger partial charge in [-0.25, -0.2) is 0 Å². The zero-order valence-electron chi connectivity index (χ0n) is 13.7. The van der Waals surface area contributed by atoms with E-state index in [2.05, 4.69) is 70.2 Å². The van der Waals surface area contributed by atoms with Gasteiger partial charge in [-0.1, -0.05) is 64.1 Å². The average Bonchev–Trinajstić information content (AvgIpc) is 2.51. The van der Waals surface area contributed by atoms with Gasteiger partial charge in [0.2, 0.25) is 0 Å². The van der Waals surface area contributed by atoms with Crippen LogP contribution in [0.1, 0.15) is 57.4 Å². The molecule has 3 rings (SSSR count). The van der Waals surface area contributed by atoms with Crippen LogP contribution in [0, 0.1) is 5.41 Å². The summed E-state index contributed by atoms with van der Waals surface area (Å²) >= 11 is 0. The van der Waals surface area contributed by atoms with E-state index in [4.69, 9.17) is 5.73 Å². The molecular formula is C20H25N. The molecule has 21 heavy (non-hydrogen) atoms. The lowest BCUT2D eigenvalue weighted by Crippen LogP contribution is -2.17. The number of fused-ring (bicyclic) bond motifs is 2.